The summed E-state index contributed by atoms with van der Waals surface area (Å²) in [6.07, 6.45) is 0.267. The average molecular weight is 288 g/mol. The van der Waals surface area contributed by atoms with Crippen LogP contribution in [0.3, 0.4) is 0 Å². The molecule has 1 aliphatic heterocycles. The molecule has 1 aliphatic rings. The SMILES string of the molecule is Cc1nc(-c2cccs2)ccc1C(=O)N1CC[C@H](O)C1. The van der Waals surface area contributed by atoms with Crippen LogP contribution in [-0.4, -0.2) is 40.1 Å². The number of aliphatic hydroxyl groups is 1. The second-order valence-corrected chi connectivity index (χ2v) is 5.95. The van der Waals surface area contributed by atoms with Crippen molar-refractivity contribution < 1.29 is 9.90 Å². The quantitative estimate of drug-likeness (QED) is 0.922. The lowest BCUT2D eigenvalue weighted by molar-refractivity contribution is 0.0764. The normalized spacial score (nSPS) is 18.5. The second kappa shape index (κ2) is 5.34. The molecule has 0 saturated carbocycles. The Kier molecular flexibility index (Phi) is 3.54. The molecule has 1 fully saturated rings. The Balaban J connectivity index is 1.86. The van der Waals surface area contributed by atoms with Gasteiger partial charge in [0, 0.05) is 13.1 Å². The molecule has 0 bridgehead atoms. The highest BCUT2D eigenvalue weighted by Crippen LogP contribution is 2.24. The van der Waals surface area contributed by atoms with Crippen molar-refractivity contribution in [2.45, 2.75) is 19.4 Å². The van der Waals surface area contributed by atoms with Gasteiger partial charge in [-0.15, -0.1) is 11.3 Å². The number of hydrogen-bond acceptors (Lipinski definition) is 4. The van der Waals surface area contributed by atoms with Gasteiger partial charge in [-0.1, -0.05) is 6.07 Å². The van der Waals surface area contributed by atoms with Crippen molar-refractivity contribution in [2.75, 3.05) is 13.1 Å². The predicted molar refractivity (Wildman–Crippen MR) is 78.8 cm³/mol. The van der Waals surface area contributed by atoms with Gasteiger partial charge in [-0.2, -0.15) is 0 Å². The van der Waals surface area contributed by atoms with Gasteiger partial charge >= 0.3 is 0 Å². The van der Waals surface area contributed by atoms with Gasteiger partial charge in [-0.05, 0) is 36.9 Å². The molecule has 3 rings (SSSR count). The minimum Gasteiger partial charge on any atom is -0.391 e. The van der Waals surface area contributed by atoms with Crippen LogP contribution in [-0.2, 0) is 0 Å². The summed E-state index contributed by atoms with van der Waals surface area (Å²) >= 11 is 1.63. The van der Waals surface area contributed by atoms with Gasteiger partial charge in [0.25, 0.3) is 5.91 Å². The van der Waals surface area contributed by atoms with Crippen molar-refractivity contribution in [1.82, 2.24) is 9.88 Å². The monoisotopic (exact) mass is 288 g/mol. The number of hydrogen-bond donors (Lipinski definition) is 1. The van der Waals surface area contributed by atoms with Crippen molar-refractivity contribution in [3.05, 3.63) is 40.9 Å². The Morgan fingerprint density at radius 2 is 2.30 bits per heavy atom. The van der Waals surface area contributed by atoms with Gasteiger partial charge in [0.05, 0.1) is 27.9 Å². The second-order valence-electron chi connectivity index (χ2n) is 5.00. The van der Waals surface area contributed by atoms with E-state index in [0.29, 0.717) is 25.1 Å². The summed E-state index contributed by atoms with van der Waals surface area (Å²) in [7, 11) is 0. The van der Waals surface area contributed by atoms with Crippen molar-refractivity contribution in [2.24, 2.45) is 0 Å². The number of amides is 1. The first-order valence-corrected chi connectivity index (χ1v) is 7.52. The highest BCUT2D eigenvalue weighted by atomic mass is 32.1. The van der Waals surface area contributed by atoms with Crippen LogP contribution in [0, 0.1) is 6.92 Å². The molecule has 20 heavy (non-hydrogen) atoms. The summed E-state index contributed by atoms with van der Waals surface area (Å²) in [6, 6.07) is 7.73. The van der Waals surface area contributed by atoms with E-state index in [1.807, 2.05) is 36.6 Å². The molecule has 1 N–H and O–H groups in total. The van der Waals surface area contributed by atoms with Crippen LogP contribution in [0.2, 0.25) is 0 Å². The Morgan fingerprint density at radius 1 is 1.45 bits per heavy atom. The number of nitrogens with zero attached hydrogens (tertiary/aromatic N) is 2. The zero-order valence-electron chi connectivity index (χ0n) is 11.2. The topological polar surface area (TPSA) is 53.4 Å². The molecule has 1 amide bonds. The van der Waals surface area contributed by atoms with Crippen LogP contribution in [0.5, 0.6) is 0 Å². The number of rotatable bonds is 2. The molecule has 0 radical (unpaired) electrons. The molecule has 2 aromatic rings. The first-order valence-electron chi connectivity index (χ1n) is 6.64. The number of thiophene rings is 1. The number of carbonyl (C=O) groups is 1. The first-order chi connectivity index (χ1) is 9.65. The van der Waals surface area contributed by atoms with Crippen LogP contribution < -0.4 is 0 Å². The Labute approximate surface area is 121 Å². The maximum atomic E-state index is 12.4. The van der Waals surface area contributed by atoms with Gasteiger partial charge in [0.1, 0.15) is 0 Å². The summed E-state index contributed by atoms with van der Waals surface area (Å²) in [5, 5.41) is 11.5. The zero-order valence-corrected chi connectivity index (χ0v) is 12.1. The minimum atomic E-state index is -0.391. The fraction of sp³-hybridized carbons (Fsp3) is 0.333. The molecule has 0 spiro atoms. The lowest BCUT2D eigenvalue weighted by atomic mass is 10.1. The maximum absolute atomic E-state index is 12.4. The molecule has 5 heteroatoms. The maximum Gasteiger partial charge on any atom is 0.255 e. The summed E-state index contributed by atoms with van der Waals surface area (Å²) in [5.74, 6) is -0.0377. The van der Waals surface area contributed by atoms with Crippen molar-refractivity contribution in [3.63, 3.8) is 0 Å². The lowest BCUT2D eigenvalue weighted by Crippen LogP contribution is -2.30. The zero-order chi connectivity index (χ0) is 14.1. The molecule has 4 nitrogen and oxygen atoms in total. The summed E-state index contributed by atoms with van der Waals surface area (Å²) in [4.78, 5) is 19.7. The molecule has 2 aromatic heterocycles. The number of likely N-dealkylation sites (tertiary alicyclic amines) is 1. The van der Waals surface area contributed by atoms with E-state index in [1.165, 1.54) is 0 Å². The molecular weight excluding hydrogens is 272 g/mol. The Morgan fingerprint density at radius 3 is 2.90 bits per heavy atom. The molecule has 1 atom stereocenters. The van der Waals surface area contributed by atoms with Gasteiger partial charge in [-0.3, -0.25) is 9.78 Å². The van der Waals surface area contributed by atoms with Crippen LogP contribution >= 0.6 is 11.3 Å². The van der Waals surface area contributed by atoms with Crippen LogP contribution in [0.15, 0.2) is 29.6 Å². The van der Waals surface area contributed by atoms with Gasteiger partial charge in [0.15, 0.2) is 0 Å². The van der Waals surface area contributed by atoms with Crippen molar-refractivity contribution in [1.29, 1.82) is 0 Å². The van der Waals surface area contributed by atoms with Crippen molar-refractivity contribution >= 4 is 17.2 Å². The Bertz CT molecular complexity index is 625. The summed E-state index contributed by atoms with van der Waals surface area (Å²) < 4.78 is 0. The summed E-state index contributed by atoms with van der Waals surface area (Å²) in [6.45, 7) is 2.90. The number of pyridine rings is 1. The third kappa shape index (κ3) is 2.46. The van der Waals surface area contributed by atoms with Crippen LogP contribution in [0.1, 0.15) is 22.5 Å². The van der Waals surface area contributed by atoms with E-state index in [0.717, 1.165) is 16.3 Å². The van der Waals surface area contributed by atoms with Gasteiger partial charge < -0.3 is 10.0 Å². The molecule has 0 aromatic carbocycles. The fourth-order valence-electron chi connectivity index (χ4n) is 2.45. The highest BCUT2D eigenvalue weighted by Gasteiger charge is 2.26. The van der Waals surface area contributed by atoms with Gasteiger partial charge in [-0.25, -0.2) is 0 Å². The smallest absolute Gasteiger partial charge is 0.255 e. The molecule has 0 aliphatic carbocycles. The van der Waals surface area contributed by atoms with Crippen molar-refractivity contribution in [3.8, 4) is 10.6 Å². The lowest BCUT2D eigenvalue weighted by Gasteiger charge is -2.16. The van der Waals surface area contributed by atoms with Crippen LogP contribution in [0.4, 0.5) is 0 Å². The molecule has 104 valence electrons. The van der Waals surface area contributed by atoms with E-state index in [2.05, 4.69) is 4.98 Å². The predicted octanol–water partition coefficient (Wildman–Crippen LogP) is 2.33. The minimum absolute atomic E-state index is 0.0377. The van der Waals surface area contributed by atoms with Gasteiger partial charge in [0.2, 0.25) is 0 Å². The number of aliphatic hydroxyl groups excluding tert-OH is 1. The number of aryl methyl sites for hydroxylation is 1. The number of β-amino-alcohol motifs (C(OH)–C–C–N with tert-alkyl or cyclic N) is 1. The largest absolute Gasteiger partial charge is 0.391 e. The third-order valence-electron chi connectivity index (χ3n) is 3.54. The van der Waals surface area contributed by atoms with E-state index in [4.69, 9.17) is 0 Å². The number of aromatic nitrogens is 1. The standard InChI is InChI=1S/C15H16N2O2S/c1-10-12(15(19)17-7-6-11(18)9-17)4-5-13(16-10)14-3-2-8-20-14/h2-5,8,11,18H,6-7,9H2,1H3/t11-/m0/s1. The van der Waals surface area contributed by atoms with E-state index in [9.17, 15) is 9.90 Å². The fourth-order valence-corrected chi connectivity index (χ4v) is 3.14. The van der Waals surface area contributed by atoms with Crippen LogP contribution in [0.25, 0.3) is 10.6 Å². The molecule has 0 unspecified atom stereocenters. The van der Waals surface area contributed by atoms with E-state index in [1.54, 1.807) is 16.2 Å². The van der Waals surface area contributed by atoms with E-state index < -0.39 is 6.10 Å². The molecule has 3 heterocycles. The molecule has 1 saturated heterocycles. The average Bonchev–Trinajstić information content (AvgIpc) is 3.09. The first kappa shape index (κ1) is 13.3. The van der Waals surface area contributed by atoms with E-state index in [-0.39, 0.29) is 5.91 Å². The Hall–Kier alpha value is -1.72. The molecular formula is C15H16N2O2S. The third-order valence-corrected chi connectivity index (χ3v) is 4.43. The summed E-state index contributed by atoms with van der Waals surface area (Å²) in [5.41, 5.74) is 2.26. The number of carbonyl (C=O) groups excluding carboxylic acids is 1. The highest BCUT2D eigenvalue weighted by molar-refractivity contribution is 7.13. The van der Waals surface area contributed by atoms with E-state index >= 15 is 0 Å².